The Morgan fingerprint density at radius 2 is 2.30 bits per heavy atom. The van der Waals surface area contributed by atoms with Crippen molar-refractivity contribution in [3.8, 4) is 0 Å². The predicted octanol–water partition coefficient (Wildman–Crippen LogP) is 3.89. The highest BCUT2D eigenvalue weighted by Crippen LogP contribution is 2.29. The van der Waals surface area contributed by atoms with E-state index in [1.807, 2.05) is 0 Å². The lowest BCUT2D eigenvalue weighted by molar-refractivity contribution is 0.340. The van der Waals surface area contributed by atoms with Gasteiger partial charge >= 0.3 is 0 Å². The third-order valence-corrected chi connectivity index (χ3v) is 5.25. The van der Waals surface area contributed by atoms with E-state index in [4.69, 9.17) is 4.98 Å². The minimum absolute atomic E-state index is 0.692. The van der Waals surface area contributed by atoms with Gasteiger partial charge < -0.3 is 5.32 Å². The number of nitrogens with one attached hydrogen (secondary N) is 1. The topological polar surface area (TPSA) is 29.3 Å². The molecule has 1 aliphatic rings. The van der Waals surface area contributed by atoms with Gasteiger partial charge in [0.25, 0.3) is 0 Å². The van der Waals surface area contributed by atoms with Gasteiger partial charge in [0.1, 0.15) is 0 Å². The van der Waals surface area contributed by atoms with E-state index in [1.54, 1.807) is 11.3 Å². The summed E-state index contributed by atoms with van der Waals surface area (Å²) in [5.41, 5.74) is 1.25. The van der Waals surface area contributed by atoms with Crippen molar-refractivity contribution in [2.45, 2.75) is 57.9 Å². The molecule has 4 heteroatoms. The van der Waals surface area contributed by atoms with Gasteiger partial charge in [-0.05, 0) is 44.6 Å². The number of imidazole rings is 1. The number of hydrogen-bond acceptors (Lipinski definition) is 3. The van der Waals surface area contributed by atoms with Gasteiger partial charge in [-0.25, -0.2) is 4.98 Å². The number of aryl methyl sites for hydroxylation is 1. The summed E-state index contributed by atoms with van der Waals surface area (Å²) in [6, 6.07) is 0.692. The molecule has 1 unspecified atom stereocenters. The van der Waals surface area contributed by atoms with Gasteiger partial charge in [-0.15, -0.1) is 11.3 Å². The Morgan fingerprint density at radius 1 is 1.45 bits per heavy atom. The van der Waals surface area contributed by atoms with Crippen LogP contribution in [0.15, 0.2) is 17.8 Å². The number of fused-ring (bicyclic) bond motifs is 1. The first-order valence-electron chi connectivity index (χ1n) is 8.01. The molecule has 0 aromatic carbocycles. The fraction of sp³-hybridized carbons (Fsp3) is 0.688. The second-order valence-electron chi connectivity index (χ2n) is 5.97. The van der Waals surface area contributed by atoms with Crippen LogP contribution in [-0.2, 0) is 6.42 Å². The molecule has 1 saturated carbocycles. The first-order valence-corrected chi connectivity index (χ1v) is 8.89. The summed E-state index contributed by atoms with van der Waals surface area (Å²) >= 11 is 1.72. The Morgan fingerprint density at radius 3 is 3.05 bits per heavy atom. The molecule has 2 heterocycles. The van der Waals surface area contributed by atoms with Crippen molar-refractivity contribution >= 4 is 16.3 Å². The van der Waals surface area contributed by atoms with Crippen molar-refractivity contribution in [1.29, 1.82) is 0 Å². The Bertz CT molecular complexity index is 496. The first-order chi connectivity index (χ1) is 9.86. The molecule has 2 aromatic rings. The van der Waals surface area contributed by atoms with Crippen LogP contribution in [0.25, 0.3) is 4.96 Å². The number of aromatic nitrogens is 2. The summed E-state index contributed by atoms with van der Waals surface area (Å²) in [7, 11) is 0. The Kier molecular flexibility index (Phi) is 4.73. The molecule has 1 aliphatic carbocycles. The van der Waals surface area contributed by atoms with E-state index in [0.29, 0.717) is 6.04 Å². The summed E-state index contributed by atoms with van der Waals surface area (Å²) in [5.74, 6) is 0.894. The van der Waals surface area contributed by atoms with Crippen molar-refractivity contribution in [1.82, 2.24) is 14.7 Å². The van der Waals surface area contributed by atoms with Gasteiger partial charge in [-0.2, -0.15) is 0 Å². The molecule has 0 aliphatic heterocycles. The SMILES string of the molecule is CCCNC(CCc1cn2ccsc2n1)C1CCCC1. The van der Waals surface area contributed by atoms with Crippen LogP contribution in [0.3, 0.4) is 0 Å². The molecule has 0 bridgehead atoms. The highest BCUT2D eigenvalue weighted by atomic mass is 32.1. The molecular formula is C16H25N3S. The van der Waals surface area contributed by atoms with E-state index in [1.165, 1.54) is 44.2 Å². The highest BCUT2D eigenvalue weighted by molar-refractivity contribution is 7.15. The summed E-state index contributed by atoms with van der Waals surface area (Å²) in [5, 5.41) is 5.87. The maximum absolute atomic E-state index is 4.71. The van der Waals surface area contributed by atoms with Gasteiger partial charge in [0.05, 0.1) is 5.69 Å². The number of hydrogen-bond donors (Lipinski definition) is 1. The number of nitrogens with zero attached hydrogens (tertiary/aromatic N) is 2. The van der Waals surface area contributed by atoms with Crippen LogP contribution in [0.2, 0.25) is 0 Å². The molecule has 0 amide bonds. The van der Waals surface area contributed by atoms with E-state index < -0.39 is 0 Å². The fourth-order valence-corrected chi connectivity index (χ4v) is 4.11. The van der Waals surface area contributed by atoms with Gasteiger partial charge in [0, 0.05) is 23.8 Å². The van der Waals surface area contributed by atoms with Crippen LogP contribution in [0, 0.1) is 5.92 Å². The average molecular weight is 291 g/mol. The molecule has 1 fully saturated rings. The molecule has 1 N–H and O–H groups in total. The monoisotopic (exact) mass is 291 g/mol. The predicted molar refractivity (Wildman–Crippen MR) is 85.4 cm³/mol. The summed E-state index contributed by atoms with van der Waals surface area (Å²) in [6.07, 6.45) is 13.5. The standard InChI is InChI=1S/C16H25N3S/c1-2-9-17-15(13-5-3-4-6-13)8-7-14-12-19-10-11-20-16(19)18-14/h10-13,15,17H,2-9H2,1H3. The van der Waals surface area contributed by atoms with Crippen molar-refractivity contribution in [2.75, 3.05) is 6.54 Å². The van der Waals surface area contributed by atoms with Gasteiger partial charge in [-0.3, -0.25) is 4.40 Å². The van der Waals surface area contributed by atoms with Crippen LogP contribution in [0.4, 0.5) is 0 Å². The van der Waals surface area contributed by atoms with E-state index in [0.717, 1.165) is 23.8 Å². The first kappa shape index (κ1) is 14.1. The Hall–Kier alpha value is -0.870. The lowest BCUT2D eigenvalue weighted by atomic mass is 9.93. The zero-order chi connectivity index (χ0) is 13.8. The van der Waals surface area contributed by atoms with Crippen molar-refractivity contribution in [3.63, 3.8) is 0 Å². The van der Waals surface area contributed by atoms with Crippen LogP contribution in [0.1, 0.15) is 51.1 Å². The maximum Gasteiger partial charge on any atom is 0.193 e. The molecule has 3 rings (SSSR count). The van der Waals surface area contributed by atoms with E-state index in [-0.39, 0.29) is 0 Å². The minimum Gasteiger partial charge on any atom is -0.314 e. The lowest BCUT2D eigenvalue weighted by Crippen LogP contribution is -2.36. The maximum atomic E-state index is 4.71. The average Bonchev–Trinajstić information content (AvgIpc) is 3.15. The second-order valence-corrected chi connectivity index (χ2v) is 6.84. The second kappa shape index (κ2) is 6.72. The van der Waals surface area contributed by atoms with Crippen molar-refractivity contribution in [3.05, 3.63) is 23.5 Å². The van der Waals surface area contributed by atoms with Gasteiger partial charge in [0.2, 0.25) is 0 Å². The molecule has 1 atom stereocenters. The third-order valence-electron chi connectivity index (χ3n) is 4.48. The third kappa shape index (κ3) is 3.23. The minimum atomic E-state index is 0.692. The van der Waals surface area contributed by atoms with E-state index >= 15 is 0 Å². The number of thiazole rings is 1. The lowest BCUT2D eigenvalue weighted by Gasteiger charge is -2.24. The van der Waals surface area contributed by atoms with Crippen LogP contribution >= 0.6 is 11.3 Å². The quantitative estimate of drug-likeness (QED) is 0.838. The summed E-state index contributed by atoms with van der Waals surface area (Å²) < 4.78 is 2.14. The molecule has 2 aromatic heterocycles. The zero-order valence-corrected chi connectivity index (χ0v) is 13.2. The van der Waals surface area contributed by atoms with E-state index in [2.05, 4.69) is 34.4 Å². The summed E-state index contributed by atoms with van der Waals surface area (Å²) in [4.78, 5) is 5.83. The molecular weight excluding hydrogens is 266 g/mol. The molecule has 0 saturated heterocycles. The fourth-order valence-electron chi connectivity index (χ4n) is 3.39. The molecule has 3 nitrogen and oxygen atoms in total. The molecule has 20 heavy (non-hydrogen) atoms. The normalized spacial score (nSPS) is 18.1. The zero-order valence-electron chi connectivity index (χ0n) is 12.3. The Labute approximate surface area is 125 Å². The molecule has 0 radical (unpaired) electrons. The van der Waals surface area contributed by atoms with Crippen LogP contribution < -0.4 is 5.32 Å². The van der Waals surface area contributed by atoms with E-state index in [9.17, 15) is 0 Å². The van der Waals surface area contributed by atoms with Crippen molar-refractivity contribution < 1.29 is 0 Å². The number of rotatable bonds is 7. The highest BCUT2D eigenvalue weighted by Gasteiger charge is 2.24. The largest absolute Gasteiger partial charge is 0.314 e. The van der Waals surface area contributed by atoms with Gasteiger partial charge in [0.15, 0.2) is 4.96 Å². The molecule has 110 valence electrons. The summed E-state index contributed by atoms with van der Waals surface area (Å²) in [6.45, 7) is 3.40. The van der Waals surface area contributed by atoms with Crippen LogP contribution in [0.5, 0.6) is 0 Å². The Balaban J connectivity index is 1.58. The molecule has 0 spiro atoms. The van der Waals surface area contributed by atoms with Gasteiger partial charge in [-0.1, -0.05) is 19.8 Å². The van der Waals surface area contributed by atoms with Crippen molar-refractivity contribution in [2.24, 2.45) is 5.92 Å². The van der Waals surface area contributed by atoms with Crippen LogP contribution in [-0.4, -0.2) is 22.0 Å². The smallest absolute Gasteiger partial charge is 0.193 e.